The molecule has 0 radical (unpaired) electrons. The molecule has 0 aliphatic carbocycles. The molecule has 0 spiro atoms. The number of methoxy groups -OCH3 is 1. The number of pyridine rings is 2. The van der Waals surface area contributed by atoms with Gasteiger partial charge in [0.2, 0.25) is 0 Å². The molecule has 2 aliphatic heterocycles. The summed E-state index contributed by atoms with van der Waals surface area (Å²) in [6.45, 7) is 3.72. The van der Waals surface area contributed by atoms with Crippen LogP contribution in [0, 0.1) is 0 Å². The van der Waals surface area contributed by atoms with Crippen LogP contribution < -0.4 is 13.9 Å². The van der Waals surface area contributed by atoms with E-state index in [4.69, 9.17) is 16.3 Å². The summed E-state index contributed by atoms with van der Waals surface area (Å²) >= 11 is 6.76. The number of aromatic nitrogens is 2. The number of halogens is 1. The minimum atomic E-state index is -4.08. The molecule has 7 rings (SSSR count). The normalized spacial score (nSPS) is 18.6. The predicted molar refractivity (Wildman–Crippen MR) is 187 cm³/mol. The maximum absolute atomic E-state index is 14.9. The number of nitrogens with zero attached hydrogens (tertiary/aromatic N) is 6. The molecule has 0 N–H and O–H groups in total. The lowest BCUT2D eigenvalue weighted by Gasteiger charge is -2.47. The first-order valence-electron chi connectivity index (χ1n) is 15.6. The monoisotopic (exact) mass is 668 g/mol. The van der Waals surface area contributed by atoms with Crippen LogP contribution in [0.25, 0.3) is 10.9 Å². The average molecular weight is 669 g/mol. The summed E-state index contributed by atoms with van der Waals surface area (Å²) in [5, 5.41) is 1.30. The molecule has 2 aromatic heterocycles. The Morgan fingerprint density at radius 1 is 0.894 bits per heavy atom. The average Bonchev–Trinajstić information content (AvgIpc) is 3.44. The standard InChI is InChI=1S/C36H37ClN6O3S/c1-40(2)24-26-9-12-33(46-3)31(22-26)36(42-20-18-41(19-21-42)29-13-16-38-17-14-29)25-43(32-11-10-28(37)23-30(32)36)47(44,45)34-8-4-6-27-7-5-15-39-35(27)34/h4-17,22-23H,18-21,24-25H2,1-3H3. The van der Waals surface area contributed by atoms with Gasteiger partial charge in [-0.15, -0.1) is 0 Å². The van der Waals surface area contributed by atoms with E-state index in [2.05, 4.69) is 36.8 Å². The maximum Gasteiger partial charge on any atom is 0.266 e. The molecule has 0 bridgehead atoms. The molecule has 5 aromatic rings. The van der Waals surface area contributed by atoms with E-state index in [0.29, 0.717) is 35.1 Å². The third kappa shape index (κ3) is 5.49. The van der Waals surface area contributed by atoms with Crippen LogP contribution in [-0.2, 0) is 22.1 Å². The molecule has 0 saturated carbocycles. The molecule has 3 aromatic carbocycles. The lowest BCUT2D eigenvalue weighted by molar-refractivity contribution is 0.125. The number of hydrogen-bond acceptors (Lipinski definition) is 8. The van der Waals surface area contributed by atoms with Gasteiger partial charge in [0.05, 0.1) is 30.4 Å². The number of para-hydroxylation sites is 1. The first-order valence-corrected chi connectivity index (χ1v) is 17.4. The van der Waals surface area contributed by atoms with Crippen LogP contribution in [0.5, 0.6) is 5.75 Å². The summed E-state index contributed by atoms with van der Waals surface area (Å²) in [7, 11) is 1.67. The summed E-state index contributed by atoms with van der Waals surface area (Å²) in [6, 6.07) is 24.8. The molecule has 4 heterocycles. The second-order valence-corrected chi connectivity index (χ2v) is 14.6. The van der Waals surface area contributed by atoms with Gasteiger partial charge in [-0.1, -0.05) is 35.9 Å². The Morgan fingerprint density at radius 2 is 1.66 bits per heavy atom. The fraction of sp³-hybridized carbons (Fsp3) is 0.278. The van der Waals surface area contributed by atoms with Crippen molar-refractivity contribution in [1.29, 1.82) is 0 Å². The lowest BCUT2D eigenvalue weighted by Crippen LogP contribution is -2.58. The Morgan fingerprint density at radius 3 is 2.40 bits per heavy atom. The zero-order chi connectivity index (χ0) is 32.8. The first-order chi connectivity index (χ1) is 22.7. The molecule has 9 nitrogen and oxygen atoms in total. The fourth-order valence-electron chi connectivity index (χ4n) is 7.17. The van der Waals surface area contributed by atoms with Crippen molar-refractivity contribution >= 4 is 43.9 Å². The van der Waals surface area contributed by atoms with Gasteiger partial charge in [0.1, 0.15) is 10.6 Å². The van der Waals surface area contributed by atoms with Gasteiger partial charge in [0.15, 0.2) is 0 Å². The molecular weight excluding hydrogens is 632 g/mol. The topological polar surface area (TPSA) is 82.1 Å². The number of hydrogen-bond donors (Lipinski definition) is 0. The first kappa shape index (κ1) is 31.4. The predicted octanol–water partition coefficient (Wildman–Crippen LogP) is 5.63. The summed E-state index contributed by atoms with van der Waals surface area (Å²) in [5.74, 6) is 0.695. The van der Waals surface area contributed by atoms with Gasteiger partial charge in [-0.25, -0.2) is 8.42 Å². The van der Waals surface area contributed by atoms with E-state index < -0.39 is 15.6 Å². The van der Waals surface area contributed by atoms with Crippen LogP contribution in [0.1, 0.15) is 16.7 Å². The molecule has 1 unspecified atom stereocenters. The number of benzene rings is 3. The Hall–Kier alpha value is -4.22. The van der Waals surface area contributed by atoms with Crippen LogP contribution in [-0.4, -0.2) is 82.1 Å². The molecule has 1 atom stereocenters. The van der Waals surface area contributed by atoms with E-state index in [0.717, 1.165) is 47.4 Å². The number of rotatable bonds is 8. The van der Waals surface area contributed by atoms with Gasteiger partial charge in [-0.05, 0) is 74.3 Å². The molecule has 47 heavy (non-hydrogen) atoms. The summed E-state index contributed by atoms with van der Waals surface area (Å²) in [6.07, 6.45) is 5.25. The molecule has 2 aliphatic rings. The van der Waals surface area contributed by atoms with Crippen molar-refractivity contribution in [2.45, 2.75) is 17.0 Å². The number of piperazine rings is 1. The van der Waals surface area contributed by atoms with E-state index in [1.54, 1.807) is 35.8 Å². The van der Waals surface area contributed by atoms with Crippen LogP contribution >= 0.6 is 11.6 Å². The number of ether oxygens (including phenoxy) is 1. The van der Waals surface area contributed by atoms with E-state index in [-0.39, 0.29) is 11.4 Å². The van der Waals surface area contributed by atoms with Gasteiger partial charge < -0.3 is 14.5 Å². The summed E-state index contributed by atoms with van der Waals surface area (Å²) in [5.41, 5.74) is 4.10. The van der Waals surface area contributed by atoms with E-state index >= 15 is 0 Å². The summed E-state index contributed by atoms with van der Waals surface area (Å²) in [4.78, 5) is 15.7. The highest BCUT2D eigenvalue weighted by molar-refractivity contribution is 7.93. The van der Waals surface area contributed by atoms with E-state index in [1.807, 2.05) is 75.0 Å². The van der Waals surface area contributed by atoms with Crippen LogP contribution in [0.2, 0.25) is 5.02 Å². The fourth-order valence-corrected chi connectivity index (χ4v) is 9.02. The third-order valence-electron chi connectivity index (χ3n) is 9.26. The van der Waals surface area contributed by atoms with Crippen LogP contribution in [0.15, 0.2) is 102 Å². The quantitative estimate of drug-likeness (QED) is 0.211. The third-order valence-corrected chi connectivity index (χ3v) is 11.3. The molecular formula is C36H37ClN6O3S. The molecule has 1 saturated heterocycles. The minimum absolute atomic E-state index is 0.144. The number of anilines is 2. The SMILES string of the molecule is COc1ccc(CN(C)C)cc1C1(N2CCN(c3ccncc3)CC2)CN(S(=O)(=O)c2cccc3cccnc23)c2ccc(Cl)cc21. The zero-order valence-corrected chi connectivity index (χ0v) is 28.2. The summed E-state index contributed by atoms with van der Waals surface area (Å²) < 4.78 is 37.4. The number of fused-ring (bicyclic) bond motifs is 2. The van der Waals surface area contributed by atoms with Crippen molar-refractivity contribution in [3.8, 4) is 5.75 Å². The van der Waals surface area contributed by atoms with Crippen LogP contribution in [0.3, 0.4) is 0 Å². The lowest BCUT2D eigenvalue weighted by atomic mass is 9.80. The maximum atomic E-state index is 14.9. The van der Waals surface area contributed by atoms with E-state index in [1.165, 1.54) is 0 Å². The smallest absolute Gasteiger partial charge is 0.266 e. The van der Waals surface area contributed by atoms with Gasteiger partial charge >= 0.3 is 0 Å². The highest BCUT2D eigenvalue weighted by Crippen LogP contribution is 2.53. The Bertz CT molecular complexity index is 2030. The van der Waals surface area contributed by atoms with Crippen molar-refractivity contribution in [2.75, 3.05) is 63.1 Å². The van der Waals surface area contributed by atoms with Crippen molar-refractivity contribution < 1.29 is 13.2 Å². The second kappa shape index (κ2) is 12.4. The molecule has 1 fully saturated rings. The highest BCUT2D eigenvalue weighted by Gasteiger charge is 2.53. The zero-order valence-electron chi connectivity index (χ0n) is 26.7. The van der Waals surface area contributed by atoms with Gasteiger partial charge in [-0.3, -0.25) is 19.2 Å². The van der Waals surface area contributed by atoms with E-state index in [9.17, 15) is 8.42 Å². The molecule has 242 valence electrons. The molecule has 11 heteroatoms. The van der Waals surface area contributed by atoms with Crippen molar-refractivity contribution in [1.82, 2.24) is 19.8 Å². The Kier molecular flexibility index (Phi) is 8.30. The Labute approximate surface area is 281 Å². The largest absolute Gasteiger partial charge is 0.496 e. The van der Waals surface area contributed by atoms with Gasteiger partial charge in [-0.2, -0.15) is 0 Å². The second-order valence-electron chi connectivity index (χ2n) is 12.3. The van der Waals surface area contributed by atoms with Crippen LogP contribution in [0.4, 0.5) is 11.4 Å². The van der Waals surface area contributed by atoms with Crippen molar-refractivity contribution in [3.05, 3.63) is 119 Å². The molecule has 0 amide bonds. The van der Waals surface area contributed by atoms with Gasteiger partial charge in [0, 0.05) is 78.5 Å². The minimum Gasteiger partial charge on any atom is -0.496 e. The Balaban J connectivity index is 1.42. The van der Waals surface area contributed by atoms with Gasteiger partial charge in [0.25, 0.3) is 10.0 Å². The highest BCUT2D eigenvalue weighted by atomic mass is 35.5. The van der Waals surface area contributed by atoms with Crippen molar-refractivity contribution in [2.24, 2.45) is 0 Å². The van der Waals surface area contributed by atoms with Crippen molar-refractivity contribution in [3.63, 3.8) is 0 Å². The number of sulfonamides is 1.